The van der Waals surface area contributed by atoms with Crippen LogP contribution in [0.3, 0.4) is 0 Å². The number of rotatable bonds is 7. The molecule has 3 fully saturated rings. The van der Waals surface area contributed by atoms with Crippen molar-refractivity contribution in [2.75, 3.05) is 80.7 Å². The average Bonchev–Trinajstić information content (AvgIpc) is 3.46. The second-order valence-electron chi connectivity index (χ2n) is 13.6. The first kappa shape index (κ1) is 32.7. The molecule has 3 saturated heterocycles. The van der Waals surface area contributed by atoms with Gasteiger partial charge in [-0.05, 0) is 58.0 Å². The molecular weight excluding hydrogens is 598 g/mol. The number of fused-ring (bicyclic) bond motifs is 1. The molecule has 1 aromatic carbocycles. The minimum atomic E-state index is -0.571. The lowest BCUT2D eigenvalue weighted by molar-refractivity contribution is -0.0327. The minimum Gasteiger partial charge on any atom is -0.444 e. The molecule has 1 N–H and O–H groups in total. The molecule has 0 unspecified atom stereocenters. The summed E-state index contributed by atoms with van der Waals surface area (Å²) in [4.78, 5) is 35.6. The number of nitrogens with zero attached hydrogens (tertiary/aromatic N) is 8. The topological polar surface area (TPSA) is 132 Å². The second-order valence-corrected chi connectivity index (χ2v) is 13.6. The van der Waals surface area contributed by atoms with Crippen molar-refractivity contribution in [2.45, 2.75) is 57.6 Å². The number of carbonyl (C=O) groups is 1. The second kappa shape index (κ2) is 13.9. The number of methoxy groups -OCH3 is 1. The Kier molecular flexibility index (Phi) is 9.63. The van der Waals surface area contributed by atoms with Crippen LogP contribution in [0, 0.1) is 11.3 Å². The minimum absolute atomic E-state index is 0.0541. The highest BCUT2D eigenvalue weighted by atomic mass is 16.6. The number of amides is 1. The summed E-state index contributed by atoms with van der Waals surface area (Å²) in [7, 11) is 1.66. The highest BCUT2D eigenvalue weighted by Crippen LogP contribution is 2.31. The number of ether oxygens (including phenoxy) is 3. The van der Waals surface area contributed by atoms with Gasteiger partial charge >= 0.3 is 6.09 Å². The van der Waals surface area contributed by atoms with Crippen molar-refractivity contribution in [3.63, 3.8) is 0 Å². The van der Waals surface area contributed by atoms with Crippen LogP contribution in [0.25, 0.3) is 10.9 Å². The zero-order valence-corrected chi connectivity index (χ0v) is 27.9. The van der Waals surface area contributed by atoms with Crippen LogP contribution >= 0.6 is 0 Å². The molecule has 4 atom stereocenters. The molecule has 0 spiro atoms. The standard InChI is InChI=1S/C34H45N9O4/c1-23-18-42(28-9-8-24(17-35)31-26(28)7-6-11-36-31)20-25(46-23)19-40-13-15-41(16-14-40)32-37-12-10-30(39-32)43-21-27(29(22-43)45-5)38-33(44)47-34(2,3)4/h6-12,23,25,27,29H,13-16,18-22H2,1-5H3,(H,38,44)/t23-,25+,27+,29-/m1/s1. The Labute approximate surface area is 276 Å². The SMILES string of the molecule is CO[C@@H]1CN(c2ccnc(N3CCN(C[C@H]4CN(c5ccc(C#N)c6ncccc56)C[C@@H](C)O4)CC3)n2)C[C@@H]1NC(=O)OC(C)(C)C. The molecule has 2 aromatic heterocycles. The normalized spacial score (nSPS) is 24.0. The number of anilines is 3. The van der Waals surface area contributed by atoms with Gasteiger partial charge in [-0.15, -0.1) is 0 Å². The van der Waals surface area contributed by atoms with E-state index in [2.05, 4.69) is 47.9 Å². The lowest BCUT2D eigenvalue weighted by Crippen LogP contribution is -2.54. The number of pyridine rings is 1. The maximum absolute atomic E-state index is 12.4. The number of nitriles is 1. The van der Waals surface area contributed by atoms with Crippen molar-refractivity contribution in [1.29, 1.82) is 5.26 Å². The van der Waals surface area contributed by atoms with Gasteiger partial charge in [-0.3, -0.25) is 9.88 Å². The summed E-state index contributed by atoms with van der Waals surface area (Å²) in [5, 5.41) is 13.5. The number of carbonyl (C=O) groups excluding carboxylic acids is 1. The van der Waals surface area contributed by atoms with Gasteiger partial charge in [0.15, 0.2) is 0 Å². The largest absolute Gasteiger partial charge is 0.444 e. The van der Waals surface area contributed by atoms with Crippen LogP contribution < -0.4 is 20.0 Å². The summed E-state index contributed by atoms with van der Waals surface area (Å²) < 4.78 is 17.6. The van der Waals surface area contributed by atoms with Crippen LogP contribution in [-0.2, 0) is 14.2 Å². The monoisotopic (exact) mass is 643 g/mol. The Morgan fingerprint density at radius 2 is 1.83 bits per heavy atom. The van der Waals surface area contributed by atoms with E-state index in [1.54, 1.807) is 19.5 Å². The molecule has 0 saturated carbocycles. The van der Waals surface area contributed by atoms with Gasteiger partial charge in [0.05, 0.1) is 35.4 Å². The molecule has 0 aliphatic carbocycles. The molecule has 3 aliphatic rings. The summed E-state index contributed by atoms with van der Waals surface area (Å²) >= 11 is 0. The first-order valence-electron chi connectivity index (χ1n) is 16.4. The molecule has 250 valence electrons. The molecule has 47 heavy (non-hydrogen) atoms. The predicted molar refractivity (Wildman–Crippen MR) is 180 cm³/mol. The van der Waals surface area contributed by atoms with Gasteiger partial charge in [0.1, 0.15) is 17.5 Å². The summed E-state index contributed by atoms with van der Waals surface area (Å²) in [5.74, 6) is 1.51. The first-order valence-corrected chi connectivity index (χ1v) is 16.4. The third-order valence-electron chi connectivity index (χ3n) is 8.87. The van der Waals surface area contributed by atoms with E-state index in [1.807, 2.05) is 51.1 Å². The van der Waals surface area contributed by atoms with Gasteiger partial charge in [-0.2, -0.15) is 10.2 Å². The van der Waals surface area contributed by atoms with E-state index in [9.17, 15) is 10.1 Å². The van der Waals surface area contributed by atoms with Crippen LogP contribution in [0.4, 0.5) is 22.2 Å². The molecule has 5 heterocycles. The molecule has 13 heteroatoms. The fraction of sp³-hybridized carbons (Fsp3) is 0.559. The van der Waals surface area contributed by atoms with Gasteiger partial charge in [0.25, 0.3) is 0 Å². The van der Waals surface area contributed by atoms with Gasteiger partial charge in [-0.25, -0.2) is 9.78 Å². The zero-order chi connectivity index (χ0) is 33.1. The summed E-state index contributed by atoms with van der Waals surface area (Å²) in [5.41, 5.74) is 1.86. The number of morpholine rings is 1. The lowest BCUT2D eigenvalue weighted by atomic mass is 10.1. The Hall–Kier alpha value is -4.25. The molecule has 6 rings (SSSR count). The molecule has 3 aliphatic heterocycles. The van der Waals surface area contributed by atoms with E-state index >= 15 is 0 Å². The summed E-state index contributed by atoms with van der Waals surface area (Å²) in [6.45, 7) is 14.6. The van der Waals surface area contributed by atoms with Crippen molar-refractivity contribution in [1.82, 2.24) is 25.2 Å². The highest BCUT2D eigenvalue weighted by Gasteiger charge is 2.36. The van der Waals surface area contributed by atoms with E-state index < -0.39 is 11.7 Å². The summed E-state index contributed by atoms with van der Waals surface area (Å²) in [6, 6.07) is 11.8. The Balaban J connectivity index is 1.05. The van der Waals surface area contributed by atoms with Crippen molar-refractivity contribution in [2.24, 2.45) is 0 Å². The molecule has 0 bridgehead atoms. The summed E-state index contributed by atoms with van der Waals surface area (Å²) in [6.07, 6.45) is 3.04. The average molecular weight is 644 g/mol. The quantitative estimate of drug-likeness (QED) is 0.406. The van der Waals surface area contributed by atoms with Crippen LogP contribution in [0.5, 0.6) is 0 Å². The predicted octanol–water partition coefficient (Wildman–Crippen LogP) is 3.04. The number of hydrogen-bond acceptors (Lipinski definition) is 12. The maximum atomic E-state index is 12.4. The van der Waals surface area contributed by atoms with Crippen LogP contribution in [0.1, 0.15) is 33.3 Å². The third kappa shape index (κ3) is 7.67. The fourth-order valence-corrected chi connectivity index (χ4v) is 6.75. The smallest absolute Gasteiger partial charge is 0.408 e. The maximum Gasteiger partial charge on any atom is 0.408 e. The number of alkyl carbamates (subject to hydrolysis) is 1. The van der Waals surface area contributed by atoms with Crippen molar-refractivity contribution in [3.05, 3.63) is 48.3 Å². The molecule has 13 nitrogen and oxygen atoms in total. The van der Waals surface area contributed by atoms with Gasteiger partial charge in [-0.1, -0.05) is 0 Å². The number of piperazine rings is 1. The van der Waals surface area contributed by atoms with Crippen molar-refractivity contribution in [3.8, 4) is 6.07 Å². The van der Waals surface area contributed by atoms with Gasteiger partial charge in [0, 0.05) is 89.5 Å². The molecule has 1 amide bonds. The molecule has 3 aromatic rings. The number of hydrogen-bond donors (Lipinski definition) is 1. The van der Waals surface area contributed by atoms with E-state index in [-0.39, 0.29) is 24.4 Å². The fourth-order valence-electron chi connectivity index (χ4n) is 6.75. The van der Waals surface area contributed by atoms with E-state index in [0.29, 0.717) is 24.6 Å². The van der Waals surface area contributed by atoms with Gasteiger partial charge in [0.2, 0.25) is 5.95 Å². The van der Waals surface area contributed by atoms with Crippen molar-refractivity contribution >= 4 is 34.4 Å². The van der Waals surface area contributed by atoms with Crippen LogP contribution in [-0.4, -0.2) is 122 Å². The number of aromatic nitrogens is 3. The van der Waals surface area contributed by atoms with E-state index in [1.165, 1.54) is 0 Å². The third-order valence-corrected chi connectivity index (χ3v) is 8.87. The van der Waals surface area contributed by atoms with Gasteiger partial charge < -0.3 is 34.2 Å². The lowest BCUT2D eigenvalue weighted by Gasteiger charge is -2.42. The number of nitrogens with one attached hydrogen (secondary N) is 1. The van der Waals surface area contributed by atoms with Crippen molar-refractivity contribution < 1.29 is 19.0 Å². The molecule has 0 radical (unpaired) electrons. The molecular formula is C34H45N9O4. The Morgan fingerprint density at radius 3 is 2.57 bits per heavy atom. The van der Waals surface area contributed by atoms with E-state index in [0.717, 1.165) is 68.2 Å². The first-order chi connectivity index (χ1) is 22.6. The van der Waals surface area contributed by atoms with Crippen LogP contribution in [0.2, 0.25) is 0 Å². The van der Waals surface area contributed by atoms with E-state index in [4.69, 9.17) is 19.2 Å². The Bertz CT molecular complexity index is 1600. The zero-order valence-electron chi connectivity index (χ0n) is 27.9. The number of benzene rings is 1. The highest BCUT2D eigenvalue weighted by molar-refractivity contribution is 5.95. The van der Waals surface area contributed by atoms with Crippen LogP contribution in [0.15, 0.2) is 42.7 Å². The Morgan fingerprint density at radius 1 is 1.02 bits per heavy atom.